The van der Waals surface area contributed by atoms with Crippen molar-refractivity contribution in [3.63, 3.8) is 0 Å². The average molecular weight is 237 g/mol. The van der Waals surface area contributed by atoms with Crippen LogP contribution in [0.2, 0.25) is 0 Å². The Hall–Kier alpha value is -2.13. The van der Waals surface area contributed by atoms with E-state index in [1.54, 1.807) is 0 Å². The molecule has 0 aliphatic rings. The van der Waals surface area contributed by atoms with E-state index in [2.05, 4.69) is 22.4 Å². The first-order chi connectivity index (χ1) is 8.77. The molecule has 1 atom stereocenters. The first-order valence-corrected chi connectivity index (χ1v) is 6.00. The first kappa shape index (κ1) is 11.0. The third-order valence-corrected chi connectivity index (χ3v) is 3.24. The number of aromatic nitrogens is 2. The van der Waals surface area contributed by atoms with Crippen molar-refractivity contribution in [3.05, 3.63) is 71.7 Å². The number of nitrogens with two attached hydrogens (primary N) is 1. The predicted octanol–water partition coefficient (Wildman–Crippen LogP) is 2.69. The van der Waals surface area contributed by atoms with Crippen LogP contribution in [-0.2, 0) is 0 Å². The minimum Gasteiger partial charge on any atom is -0.319 e. The molecule has 3 rings (SSSR count). The van der Waals surface area contributed by atoms with Crippen molar-refractivity contribution in [1.29, 1.82) is 0 Å². The lowest BCUT2D eigenvalue weighted by Crippen LogP contribution is -2.13. The predicted molar refractivity (Wildman–Crippen MR) is 72.4 cm³/mol. The molecular weight excluding hydrogens is 222 g/mol. The lowest BCUT2D eigenvalue weighted by Gasteiger charge is -2.12. The largest absolute Gasteiger partial charge is 0.319 e. The summed E-state index contributed by atoms with van der Waals surface area (Å²) in [6.45, 7) is 2.06. The summed E-state index contributed by atoms with van der Waals surface area (Å²) >= 11 is 0. The normalized spacial score (nSPS) is 12.8. The SMILES string of the molecule is Cc1cccn2c([C@H](N)c3ccccc3)cnc12. The van der Waals surface area contributed by atoms with E-state index in [4.69, 9.17) is 5.73 Å². The fraction of sp³-hybridized carbons (Fsp3) is 0.133. The fourth-order valence-electron chi connectivity index (χ4n) is 2.23. The van der Waals surface area contributed by atoms with E-state index in [0.717, 1.165) is 22.5 Å². The molecule has 0 saturated heterocycles. The Morgan fingerprint density at radius 1 is 1.11 bits per heavy atom. The van der Waals surface area contributed by atoms with Crippen molar-refractivity contribution in [1.82, 2.24) is 9.38 Å². The Balaban J connectivity index is 2.13. The van der Waals surface area contributed by atoms with E-state index in [0.29, 0.717) is 0 Å². The van der Waals surface area contributed by atoms with Crippen LogP contribution >= 0.6 is 0 Å². The summed E-state index contributed by atoms with van der Waals surface area (Å²) in [6.07, 6.45) is 3.87. The van der Waals surface area contributed by atoms with Crippen molar-refractivity contribution in [3.8, 4) is 0 Å². The van der Waals surface area contributed by atoms with E-state index in [1.165, 1.54) is 0 Å². The third-order valence-electron chi connectivity index (χ3n) is 3.24. The van der Waals surface area contributed by atoms with Crippen LogP contribution in [0.15, 0.2) is 54.9 Å². The lowest BCUT2D eigenvalue weighted by molar-refractivity contribution is 0.814. The molecule has 3 nitrogen and oxygen atoms in total. The summed E-state index contributed by atoms with van der Waals surface area (Å²) in [4.78, 5) is 4.45. The van der Waals surface area contributed by atoms with Crippen molar-refractivity contribution >= 4 is 5.65 Å². The maximum atomic E-state index is 6.32. The van der Waals surface area contributed by atoms with Gasteiger partial charge in [-0.25, -0.2) is 4.98 Å². The Morgan fingerprint density at radius 3 is 2.67 bits per heavy atom. The molecule has 0 aliphatic heterocycles. The number of aryl methyl sites for hydroxylation is 1. The highest BCUT2D eigenvalue weighted by Gasteiger charge is 2.13. The van der Waals surface area contributed by atoms with Gasteiger partial charge >= 0.3 is 0 Å². The molecule has 0 fully saturated rings. The number of pyridine rings is 1. The van der Waals surface area contributed by atoms with Crippen LogP contribution in [-0.4, -0.2) is 9.38 Å². The minimum absolute atomic E-state index is 0.150. The van der Waals surface area contributed by atoms with Gasteiger partial charge in [-0.05, 0) is 24.1 Å². The van der Waals surface area contributed by atoms with Crippen LogP contribution < -0.4 is 5.73 Å². The van der Waals surface area contributed by atoms with Crippen LogP contribution in [0.3, 0.4) is 0 Å². The molecule has 2 aromatic heterocycles. The highest BCUT2D eigenvalue weighted by Crippen LogP contribution is 2.21. The highest BCUT2D eigenvalue weighted by atomic mass is 15.0. The monoisotopic (exact) mass is 237 g/mol. The molecule has 0 unspecified atom stereocenters. The van der Waals surface area contributed by atoms with Gasteiger partial charge in [0.05, 0.1) is 17.9 Å². The van der Waals surface area contributed by atoms with Crippen LogP contribution in [0.25, 0.3) is 5.65 Å². The van der Waals surface area contributed by atoms with Gasteiger partial charge in [0.15, 0.2) is 0 Å². The zero-order valence-corrected chi connectivity index (χ0v) is 10.2. The lowest BCUT2D eigenvalue weighted by atomic mass is 10.1. The molecular formula is C15H15N3. The molecule has 2 heterocycles. The Labute approximate surface area is 106 Å². The second-order valence-corrected chi connectivity index (χ2v) is 4.46. The number of hydrogen-bond acceptors (Lipinski definition) is 2. The molecule has 3 aromatic rings. The van der Waals surface area contributed by atoms with E-state index in [-0.39, 0.29) is 6.04 Å². The number of fused-ring (bicyclic) bond motifs is 1. The maximum Gasteiger partial charge on any atom is 0.139 e. The molecule has 0 amide bonds. The standard InChI is InChI=1S/C15H15N3/c1-11-6-5-9-18-13(10-17-15(11)18)14(16)12-7-3-2-4-8-12/h2-10,14H,16H2,1H3/t14-/m1/s1. The number of benzene rings is 1. The van der Waals surface area contributed by atoms with Crippen LogP contribution in [0, 0.1) is 6.92 Å². The average Bonchev–Trinajstić information content (AvgIpc) is 2.84. The molecule has 90 valence electrons. The van der Waals surface area contributed by atoms with Crippen LogP contribution in [0.1, 0.15) is 22.9 Å². The number of hydrogen-bond donors (Lipinski definition) is 1. The van der Waals surface area contributed by atoms with Crippen LogP contribution in [0.4, 0.5) is 0 Å². The van der Waals surface area contributed by atoms with Gasteiger partial charge in [0.1, 0.15) is 5.65 Å². The van der Waals surface area contributed by atoms with Gasteiger partial charge in [-0.2, -0.15) is 0 Å². The smallest absolute Gasteiger partial charge is 0.139 e. The molecule has 0 radical (unpaired) electrons. The van der Waals surface area contributed by atoms with Gasteiger partial charge in [-0.3, -0.25) is 0 Å². The number of rotatable bonds is 2. The van der Waals surface area contributed by atoms with Crippen molar-refractivity contribution in [2.24, 2.45) is 5.73 Å². The van der Waals surface area contributed by atoms with Gasteiger partial charge in [-0.1, -0.05) is 36.4 Å². The van der Waals surface area contributed by atoms with Crippen molar-refractivity contribution in [2.45, 2.75) is 13.0 Å². The fourth-order valence-corrected chi connectivity index (χ4v) is 2.23. The zero-order valence-electron chi connectivity index (χ0n) is 10.2. The Kier molecular flexibility index (Phi) is 2.61. The third kappa shape index (κ3) is 1.69. The second-order valence-electron chi connectivity index (χ2n) is 4.46. The molecule has 18 heavy (non-hydrogen) atoms. The molecule has 1 aromatic carbocycles. The molecule has 0 saturated carbocycles. The molecule has 2 N–H and O–H groups in total. The van der Waals surface area contributed by atoms with Gasteiger partial charge in [-0.15, -0.1) is 0 Å². The highest BCUT2D eigenvalue weighted by molar-refractivity contribution is 5.49. The van der Waals surface area contributed by atoms with Gasteiger partial charge in [0, 0.05) is 6.20 Å². The van der Waals surface area contributed by atoms with E-state index >= 15 is 0 Å². The van der Waals surface area contributed by atoms with E-state index < -0.39 is 0 Å². The molecule has 0 bridgehead atoms. The summed E-state index contributed by atoms with van der Waals surface area (Å²) in [5, 5.41) is 0. The first-order valence-electron chi connectivity index (χ1n) is 6.00. The summed E-state index contributed by atoms with van der Waals surface area (Å²) < 4.78 is 2.06. The van der Waals surface area contributed by atoms with Gasteiger partial charge < -0.3 is 10.1 Å². The van der Waals surface area contributed by atoms with Gasteiger partial charge in [0.25, 0.3) is 0 Å². The number of nitrogens with zero attached hydrogens (tertiary/aromatic N) is 2. The summed E-state index contributed by atoms with van der Waals surface area (Å²) in [6, 6.07) is 14.0. The quantitative estimate of drug-likeness (QED) is 0.744. The topological polar surface area (TPSA) is 43.3 Å². The molecule has 3 heteroatoms. The zero-order chi connectivity index (χ0) is 12.5. The van der Waals surface area contributed by atoms with E-state index in [9.17, 15) is 0 Å². The molecule has 0 spiro atoms. The van der Waals surface area contributed by atoms with E-state index in [1.807, 2.05) is 48.8 Å². The van der Waals surface area contributed by atoms with Crippen molar-refractivity contribution < 1.29 is 0 Å². The van der Waals surface area contributed by atoms with Crippen molar-refractivity contribution in [2.75, 3.05) is 0 Å². The summed E-state index contributed by atoms with van der Waals surface area (Å²) in [5.41, 5.74) is 10.6. The van der Waals surface area contributed by atoms with Gasteiger partial charge in [0.2, 0.25) is 0 Å². The molecule has 0 aliphatic carbocycles. The van der Waals surface area contributed by atoms with Crippen LogP contribution in [0.5, 0.6) is 0 Å². The minimum atomic E-state index is -0.150. The second kappa shape index (κ2) is 4.27. The Bertz CT molecular complexity index is 671. The Morgan fingerprint density at radius 2 is 1.89 bits per heavy atom. The summed E-state index contributed by atoms with van der Waals surface area (Å²) in [7, 11) is 0. The summed E-state index contributed by atoms with van der Waals surface area (Å²) in [5.74, 6) is 0. The maximum absolute atomic E-state index is 6.32. The number of imidazole rings is 1.